The van der Waals surface area contributed by atoms with Crippen LogP contribution in [0, 0.1) is 4.91 Å². The Hall–Kier alpha value is -0.810. The number of thiol groups is 1. The van der Waals surface area contributed by atoms with Crippen molar-refractivity contribution in [3.05, 3.63) is 40.8 Å². The number of nitroso groups, excluding NO2 is 1. The van der Waals surface area contributed by atoms with Gasteiger partial charge in [-0.1, -0.05) is 36.8 Å². The molecule has 5 heteroatoms. The lowest BCUT2D eigenvalue weighted by molar-refractivity contribution is -0.118. The molecule has 20 heavy (non-hydrogen) atoms. The predicted octanol–water partition coefficient (Wildman–Crippen LogP) is 4.46. The van der Waals surface area contributed by atoms with Gasteiger partial charge in [-0.2, -0.15) is 24.4 Å². The van der Waals surface area contributed by atoms with Gasteiger partial charge in [-0.05, 0) is 30.6 Å². The van der Waals surface area contributed by atoms with Crippen LogP contribution in [0.15, 0.2) is 35.5 Å². The summed E-state index contributed by atoms with van der Waals surface area (Å²) in [7, 11) is 0. The summed E-state index contributed by atoms with van der Waals surface area (Å²) in [6, 6.07) is 10.4. The summed E-state index contributed by atoms with van der Waals surface area (Å²) < 4.78 is 0. The smallest absolute Gasteiger partial charge is 0.269 e. The van der Waals surface area contributed by atoms with E-state index in [1.165, 1.54) is 5.56 Å². The van der Waals surface area contributed by atoms with Crippen LogP contribution in [0.1, 0.15) is 37.7 Å². The summed E-state index contributed by atoms with van der Waals surface area (Å²) in [5, 5.41) is 2.97. The van der Waals surface area contributed by atoms with E-state index in [0.717, 1.165) is 37.2 Å². The molecule has 0 saturated carbocycles. The van der Waals surface area contributed by atoms with Crippen molar-refractivity contribution in [2.75, 3.05) is 5.75 Å². The van der Waals surface area contributed by atoms with Gasteiger partial charge in [-0.15, -0.1) is 4.91 Å². The van der Waals surface area contributed by atoms with Crippen LogP contribution in [0.25, 0.3) is 0 Å². The maximum atomic E-state index is 10.8. The highest BCUT2D eigenvalue weighted by molar-refractivity contribution is 7.99. The van der Waals surface area contributed by atoms with E-state index in [2.05, 4.69) is 42.1 Å². The first-order valence-electron chi connectivity index (χ1n) is 6.89. The van der Waals surface area contributed by atoms with E-state index in [-0.39, 0.29) is 6.42 Å². The van der Waals surface area contributed by atoms with Crippen molar-refractivity contribution in [3.8, 4) is 0 Å². The van der Waals surface area contributed by atoms with Crippen LogP contribution in [-0.2, 0) is 10.5 Å². The lowest BCUT2D eigenvalue weighted by Crippen LogP contribution is -2.05. The van der Waals surface area contributed by atoms with E-state index in [1.807, 2.05) is 17.8 Å². The van der Waals surface area contributed by atoms with Crippen LogP contribution >= 0.6 is 24.4 Å². The largest absolute Gasteiger partial charge is 0.286 e. The number of rotatable bonds is 10. The van der Waals surface area contributed by atoms with Crippen LogP contribution in [-0.4, -0.2) is 16.9 Å². The highest BCUT2D eigenvalue weighted by Gasteiger charge is 2.09. The van der Waals surface area contributed by atoms with Gasteiger partial charge in [0.1, 0.15) is 0 Å². The zero-order valence-electron chi connectivity index (χ0n) is 11.5. The minimum atomic E-state index is -0.535. The fraction of sp³-hybridized carbons (Fsp3) is 0.533. The fourth-order valence-corrected chi connectivity index (χ4v) is 3.66. The molecule has 0 heterocycles. The monoisotopic (exact) mass is 311 g/mol. The molecule has 0 N–H and O–H groups in total. The van der Waals surface area contributed by atoms with Crippen molar-refractivity contribution in [1.29, 1.82) is 0 Å². The van der Waals surface area contributed by atoms with E-state index in [9.17, 15) is 9.70 Å². The lowest BCUT2D eigenvalue weighted by Gasteiger charge is -2.15. The Balaban J connectivity index is 2.25. The third-order valence-electron chi connectivity index (χ3n) is 3.05. The lowest BCUT2D eigenvalue weighted by atomic mass is 10.1. The summed E-state index contributed by atoms with van der Waals surface area (Å²) >= 11 is 6.25. The second kappa shape index (κ2) is 10.9. The van der Waals surface area contributed by atoms with Crippen LogP contribution in [0.4, 0.5) is 0 Å². The van der Waals surface area contributed by atoms with Gasteiger partial charge in [0.05, 0.1) is 0 Å². The molecule has 0 aliphatic carbocycles. The molecule has 0 spiro atoms. The molecule has 0 aliphatic heterocycles. The number of hydrogen-bond acceptors (Lipinski definition) is 4. The predicted molar refractivity (Wildman–Crippen MR) is 89.3 cm³/mol. The molecule has 3 nitrogen and oxygen atoms in total. The molecular formula is C15H21NO2S2. The molecule has 1 unspecified atom stereocenters. The van der Waals surface area contributed by atoms with Crippen molar-refractivity contribution in [1.82, 2.24) is 0 Å². The molecule has 1 aromatic carbocycles. The topological polar surface area (TPSA) is 46.5 Å². The molecule has 110 valence electrons. The van der Waals surface area contributed by atoms with Crippen LogP contribution in [0.2, 0.25) is 0 Å². The zero-order valence-corrected chi connectivity index (χ0v) is 13.2. The van der Waals surface area contributed by atoms with Crippen LogP contribution < -0.4 is 0 Å². The highest BCUT2D eigenvalue weighted by atomic mass is 32.2. The number of amides is 1. The fourth-order valence-electron chi connectivity index (χ4n) is 1.94. The zero-order chi connectivity index (χ0) is 14.6. The van der Waals surface area contributed by atoms with Crippen LogP contribution in [0.3, 0.4) is 0 Å². The molecular weight excluding hydrogens is 290 g/mol. The Labute approximate surface area is 130 Å². The molecule has 0 fully saturated rings. The van der Waals surface area contributed by atoms with Gasteiger partial charge in [-0.25, -0.2) is 0 Å². The number of unbranched alkanes of at least 4 members (excludes halogenated alkanes) is 1. The second-order valence-electron chi connectivity index (χ2n) is 4.66. The molecule has 1 rings (SSSR count). The molecule has 1 aromatic rings. The van der Waals surface area contributed by atoms with Gasteiger partial charge < -0.3 is 0 Å². The Bertz CT molecular complexity index is 398. The SMILES string of the molecule is O=NC(=O)CCCCC(CCS)SCc1ccccc1. The second-order valence-corrected chi connectivity index (χ2v) is 6.40. The van der Waals surface area contributed by atoms with Gasteiger partial charge >= 0.3 is 0 Å². The molecule has 0 saturated heterocycles. The van der Waals surface area contributed by atoms with Gasteiger partial charge in [0, 0.05) is 22.6 Å². The maximum absolute atomic E-state index is 10.8. The molecule has 0 radical (unpaired) electrons. The van der Waals surface area contributed by atoms with Crippen molar-refractivity contribution < 1.29 is 4.79 Å². The Morgan fingerprint density at radius 2 is 1.95 bits per heavy atom. The summed E-state index contributed by atoms with van der Waals surface area (Å²) in [6.07, 6.45) is 4.12. The first kappa shape index (κ1) is 17.2. The van der Waals surface area contributed by atoms with Crippen molar-refractivity contribution in [2.45, 2.75) is 43.1 Å². The molecule has 0 aromatic heterocycles. The van der Waals surface area contributed by atoms with Crippen molar-refractivity contribution in [3.63, 3.8) is 0 Å². The summed E-state index contributed by atoms with van der Waals surface area (Å²) in [5.41, 5.74) is 1.34. The van der Waals surface area contributed by atoms with Crippen molar-refractivity contribution in [2.24, 2.45) is 5.18 Å². The first-order valence-corrected chi connectivity index (χ1v) is 8.57. The van der Waals surface area contributed by atoms with Gasteiger partial charge in [0.15, 0.2) is 0 Å². The third-order valence-corrected chi connectivity index (χ3v) is 4.75. The Morgan fingerprint density at radius 1 is 1.20 bits per heavy atom. The average Bonchev–Trinajstić information content (AvgIpc) is 2.49. The number of hydrogen-bond donors (Lipinski definition) is 1. The van der Waals surface area contributed by atoms with Gasteiger partial charge in [0.25, 0.3) is 5.91 Å². The summed E-state index contributed by atoms with van der Waals surface area (Å²) in [4.78, 5) is 20.8. The number of thioether (sulfide) groups is 1. The highest BCUT2D eigenvalue weighted by Crippen LogP contribution is 2.25. The molecule has 0 aliphatic rings. The quantitative estimate of drug-likeness (QED) is 0.394. The minimum absolute atomic E-state index is 0.278. The van der Waals surface area contributed by atoms with E-state index >= 15 is 0 Å². The van der Waals surface area contributed by atoms with E-state index in [4.69, 9.17) is 0 Å². The summed E-state index contributed by atoms with van der Waals surface area (Å²) in [6.45, 7) is 0. The standard InChI is InChI=1S/C15H21NO2S2/c17-15(16-18)9-5-4-8-14(10-11-19)20-12-13-6-2-1-3-7-13/h1-3,6-7,14,19H,4-5,8-12H2. The number of nitrogens with zero attached hydrogens (tertiary/aromatic N) is 1. The van der Waals surface area contributed by atoms with Gasteiger partial charge in [0.2, 0.25) is 0 Å². The average molecular weight is 311 g/mol. The third kappa shape index (κ3) is 7.70. The van der Waals surface area contributed by atoms with Crippen molar-refractivity contribution >= 4 is 30.3 Å². The number of carbonyl (C=O) groups is 1. The minimum Gasteiger partial charge on any atom is -0.269 e. The van der Waals surface area contributed by atoms with E-state index in [0.29, 0.717) is 5.25 Å². The molecule has 1 amide bonds. The molecule has 1 atom stereocenters. The normalized spacial score (nSPS) is 12.1. The van der Waals surface area contributed by atoms with Gasteiger partial charge in [-0.3, -0.25) is 4.79 Å². The Morgan fingerprint density at radius 3 is 2.60 bits per heavy atom. The van der Waals surface area contributed by atoms with Crippen LogP contribution in [0.5, 0.6) is 0 Å². The maximum Gasteiger partial charge on any atom is 0.286 e. The summed E-state index contributed by atoms with van der Waals surface area (Å²) in [5.74, 6) is 1.35. The van der Waals surface area contributed by atoms with E-state index < -0.39 is 5.91 Å². The number of carbonyl (C=O) groups excluding carboxylic acids is 1. The first-order chi connectivity index (χ1) is 9.76. The van der Waals surface area contributed by atoms with E-state index in [1.54, 1.807) is 0 Å². The Kier molecular flexibility index (Phi) is 9.41. The number of benzene rings is 1. The molecule has 0 bridgehead atoms.